The first-order chi connectivity index (χ1) is 27.1. The van der Waals surface area contributed by atoms with E-state index in [0.29, 0.717) is 59.2 Å². The van der Waals surface area contributed by atoms with Crippen LogP contribution >= 0.6 is 0 Å². The van der Waals surface area contributed by atoms with Gasteiger partial charge in [0.1, 0.15) is 0 Å². The van der Waals surface area contributed by atoms with Crippen LogP contribution in [0, 0.1) is 27.1 Å². The van der Waals surface area contributed by atoms with E-state index in [0.717, 1.165) is 96.3 Å². The monoisotopic (exact) mass is 954 g/mol. The first-order valence-electron chi connectivity index (χ1n) is 23.2. The number of hydrogen-bond acceptors (Lipinski definition) is 5. The summed E-state index contributed by atoms with van der Waals surface area (Å²) in [7, 11) is 0. The van der Waals surface area contributed by atoms with Crippen molar-refractivity contribution in [2.75, 3.05) is 0 Å². The first-order valence-corrected chi connectivity index (χ1v) is 23.2. The predicted octanol–water partition coefficient (Wildman–Crippen LogP) is 15.3. The maximum Gasteiger partial charge on any atom is 0.303 e. The molecule has 0 spiro atoms. The van der Waals surface area contributed by atoms with Crippen molar-refractivity contribution >= 4 is 29.8 Å². The maximum atomic E-state index is 10.2. The summed E-state index contributed by atoms with van der Waals surface area (Å²) in [5, 5.41) is 41.9. The largest absolute Gasteiger partial charge is 0.481 e. The Hall–Kier alpha value is -1.91. The summed E-state index contributed by atoms with van der Waals surface area (Å²) < 4.78 is 0. The molecule has 10 nitrogen and oxygen atoms in total. The van der Waals surface area contributed by atoms with Crippen LogP contribution in [0.25, 0.3) is 0 Å². The van der Waals surface area contributed by atoms with E-state index in [1.165, 1.54) is 32.1 Å². The standard InChI is InChI=1S/5C10H20O2.Nb/c5*1-10(2,3)8-6-4-5-7-9(11)12;/h5*4-8H2,1-3H3,(H,11,12);. The summed E-state index contributed by atoms with van der Waals surface area (Å²) in [6.07, 6.45) is 22.7. The second-order valence-corrected chi connectivity index (χ2v) is 22.6. The Morgan fingerprint density at radius 1 is 0.246 bits per heavy atom. The van der Waals surface area contributed by atoms with Crippen molar-refractivity contribution in [2.24, 2.45) is 27.1 Å². The molecular formula is C50H100NbO10. The molecule has 0 rings (SSSR count). The summed E-state index contributed by atoms with van der Waals surface area (Å²) in [6, 6.07) is 0. The van der Waals surface area contributed by atoms with Gasteiger partial charge in [-0.3, -0.25) is 24.0 Å². The SMILES string of the molecule is CC(C)(C)CCCCCC(=O)O.CC(C)(C)CCCCCC(=O)O.CC(C)(C)CCCCCC(=O)O.CC(C)(C)CCCCCC(=O)O.CC(C)(C)CCCCCC(=O)O.[Nb]. The van der Waals surface area contributed by atoms with Gasteiger partial charge < -0.3 is 25.5 Å². The van der Waals surface area contributed by atoms with Gasteiger partial charge in [-0.1, -0.05) is 168 Å². The summed E-state index contributed by atoms with van der Waals surface area (Å²) in [4.78, 5) is 50.8. The summed E-state index contributed by atoms with van der Waals surface area (Å²) >= 11 is 0. The summed E-state index contributed by atoms with van der Waals surface area (Å²) in [5.74, 6) is -3.38. The molecule has 11 heteroatoms. The van der Waals surface area contributed by atoms with E-state index in [1.807, 2.05) is 0 Å². The van der Waals surface area contributed by atoms with Crippen LogP contribution in [0.2, 0.25) is 0 Å². The van der Waals surface area contributed by atoms with Crippen LogP contribution < -0.4 is 0 Å². The molecule has 0 amide bonds. The van der Waals surface area contributed by atoms with Gasteiger partial charge in [-0.2, -0.15) is 0 Å². The van der Waals surface area contributed by atoms with Crippen LogP contribution in [0.15, 0.2) is 0 Å². The Balaban J connectivity index is -0.000000154. The molecule has 0 aliphatic rings. The molecule has 0 aliphatic heterocycles. The average molecular weight is 954 g/mol. The van der Waals surface area contributed by atoms with Gasteiger partial charge in [0.2, 0.25) is 0 Å². The molecular weight excluding hydrogens is 853 g/mol. The van der Waals surface area contributed by atoms with Crippen LogP contribution in [0.4, 0.5) is 0 Å². The average Bonchev–Trinajstić information content (AvgIpc) is 3.02. The van der Waals surface area contributed by atoms with Crippen molar-refractivity contribution < 1.29 is 71.9 Å². The van der Waals surface area contributed by atoms with Crippen molar-refractivity contribution in [3.05, 3.63) is 0 Å². The Labute approximate surface area is 391 Å². The molecule has 1 radical (unpaired) electrons. The molecule has 365 valence electrons. The van der Waals surface area contributed by atoms with Crippen LogP contribution in [-0.2, 0) is 46.4 Å². The van der Waals surface area contributed by atoms with Crippen LogP contribution in [-0.4, -0.2) is 55.4 Å². The molecule has 0 aromatic rings. The number of rotatable bonds is 25. The fourth-order valence-corrected chi connectivity index (χ4v) is 5.54. The van der Waals surface area contributed by atoms with Crippen molar-refractivity contribution in [1.82, 2.24) is 0 Å². The molecule has 61 heavy (non-hydrogen) atoms. The van der Waals surface area contributed by atoms with E-state index in [4.69, 9.17) is 25.5 Å². The molecule has 0 fully saturated rings. The Morgan fingerprint density at radius 2 is 0.361 bits per heavy atom. The summed E-state index contributed by atoms with van der Waals surface area (Å²) in [5.41, 5.74) is 1.96. The van der Waals surface area contributed by atoms with Crippen LogP contribution in [0.3, 0.4) is 0 Å². The number of carboxylic acid groups (broad SMARTS) is 5. The Bertz CT molecular complexity index is 871. The molecule has 0 heterocycles. The molecule has 0 aromatic heterocycles. The van der Waals surface area contributed by atoms with E-state index in [9.17, 15) is 24.0 Å². The molecule has 0 atom stereocenters. The number of unbranched alkanes of at least 4 members (excludes halogenated alkanes) is 10. The molecule has 0 saturated heterocycles. The molecule has 0 aliphatic carbocycles. The second-order valence-electron chi connectivity index (χ2n) is 22.6. The van der Waals surface area contributed by atoms with E-state index in [-0.39, 0.29) is 22.4 Å². The minimum atomic E-state index is -0.675. The first kappa shape index (κ1) is 70.7. The normalized spacial score (nSPS) is 11.4. The number of aliphatic carboxylic acids is 5. The minimum Gasteiger partial charge on any atom is -0.481 e. The topological polar surface area (TPSA) is 186 Å². The minimum absolute atomic E-state index is 0. The molecule has 0 bridgehead atoms. The Kier molecular flexibility index (Phi) is 47.4. The van der Waals surface area contributed by atoms with Gasteiger partial charge in [0.05, 0.1) is 0 Å². The van der Waals surface area contributed by atoms with Crippen molar-refractivity contribution in [3.63, 3.8) is 0 Å². The van der Waals surface area contributed by atoms with Gasteiger partial charge in [0.25, 0.3) is 0 Å². The fraction of sp³-hybridized carbons (Fsp3) is 0.900. The predicted molar refractivity (Wildman–Crippen MR) is 251 cm³/mol. The summed E-state index contributed by atoms with van der Waals surface area (Å²) in [6.45, 7) is 33.2. The molecule has 0 saturated carbocycles. The van der Waals surface area contributed by atoms with E-state index < -0.39 is 29.8 Å². The number of carbonyl (C=O) groups is 5. The van der Waals surface area contributed by atoms with Crippen LogP contribution in [0.5, 0.6) is 0 Å². The molecule has 0 aromatic carbocycles. The zero-order chi connectivity index (χ0) is 48.1. The van der Waals surface area contributed by atoms with Crippen LogP contribution in [0.1, 0.15) is 264 Å². The van der Waals surface area contributed by atoms with E-state index in [1.54, 1.807) is 0 Å². The zero-order valence-electron chi connectivity index (χ0n) is 42.4. The second kappa shape index (κ2) is 40.8. The van der Waals surface area contributed by atoms with Crippen molar-refractivity contribution in [3.8, 4) is 0 Å². The van der Waals surface area contributed by atoms with Gasteiger partial charge in [-0.15, -0.1) is 0 Å². The quantitative estimate of drug-likeness (QED) is 0.0435. The van der Waals surface area contributed by atoms with Gasteiger partial charge in [0, 0.05) is 54.5 Å². The van der Waals surface area contributed by atoms with E-state index >= 15 is 0 Å². The molecule has 5 N–H and O–H groups in total. The van der Waals surface area contributed by atoms with Gasteiger partial charge >= 0.3 is 29.8 Å². The third-order valence-corrected chi connectivity index (χ3v) is 9.09. The fourth-order valence-electron chi connectivity index (χ4n) is 5.54. The van der Waals surface area contributed by atoms with Crippen molar-refractivity contribution in [1.29, 1.82) is 0 Å². The zero-order valence-corrected chi connectivity index (χ0v) is 44.6. The van der Waals surface area contributed by atoms with Crippen molar-refractivity contribution in [2.45, 2.75) is 264 Å². The maximum absolute atomic E-state index is 10.2. The number of hydrogen-bond donors (Lipinski definition) is 5. The third kappa shape index (κ3) is 98.4. The number of carboxylic acids is 5. The third-order valence-electron chi connectivity index (χ3n) is 9.09. The van der Waals surface area contributed by atoms with Gasteiger partial charge in [0.15, 0.2) is 0 Å². The molecule has 0 unspecified atom stereocenters. The smallest absolute Gasteiger partial charge is 0.303 e. The Morgan fingerprint density at radius 3 is 0.443 bits per heavy atom. The van der Waals surface area contributed by atoms with E-state index in [2.05, 4.69) is 104 Å². The van der Waals surface area contributed by atoms with Gasteiger partial charge in [-0.25, -0.2) is 0 Å². The van der Waals surface area contributed by atoms with Gasteiger partial charge in [-0.05, 0) is 91.3 Å².